The Morgan fingerprint density at radius 2 is 1.95 bits per heavy atom. The first-order valence-corrected chi connectivity index (χ1v) is 6.72. The van der Waals surface area contributed by atoms with Gasteiger partial charge in [0.25, 0.3) is 0 Å². The number of nitrogens with two attached hydrogens (primary N) is 1. The Labute approximate surface area is 124 Å². The lowest BCUT2D eigenvalue weighted by Gasteiger charge is -2.10. The van der Waals surface area contributed by atoms with Gasteiger partial charge in [-0.2, -0.15) is 0 Å². The molecule has 0 fully saturated rings. The van der Waals surface area contributed by atoms with Gasteiger partial charge in [0.1, 0.15) is 5.75 Å². The molecule has 6 heteroatoms. The van der Waals surface area contributed by atoms with Crippen LogP contribution in [-0.4, -0.2) is 4.92 Å². The smallest absolute Gasteiger partial charge is 0.312 e. The summed E-state index contributed by atoms with van der Waals surface area (Å²) in [7, 11) is 0. The van der Waals surface area contributed by atoms with E-state index in [9.17, 15) is 10.1 Å². The van der Waals surface area contributed by atoms with Crippen LogP contribution in [0.5, 0.6) is 11.5 Å². The van der Waals surface area contributed by atoms with Crippen molar-refractivity contribution in [2.24, 2.45) is 5.73 Å². The molecule has 0 aliphatic rings. The number of hydrogen-bond acceptors (Lipinski definition) is 4. The predicted octanol–water partition coefficient (Wildman–Crippen LogP) is 3.92. The lowest BCUT2D eigenvalue weighted by Crippen LogP contribution is -1.97. The van der Waals surface area contributed by atoms with Gasteiger partial charge in [-0.05, 0) is 36.2 Å². The van der Waals surface area contributed by atoms with Crippen LogP contribution in [0.1, 0.15) is 11.1 Å². The second kappa shape index (κ2) is 6.02. The molecule has 2 rings (SSSR count). The molecule has 5 nitrogen and oxygen atoms in total. The minimum Gasteiger partial charge on any atom is -0.450 e. The largest absolute Gasteiger partial charge is 0.450 e. The van der Waals surface area contributed by atoms with Crippen molar-refractivity contribution in [2.75, 3.05) is 0 Å². The van der Waals surface area contributed by atoms with Gasteiger partial charge in [-0.3, -0.25) is 10.1 Å². The molecule has 0 aliphatic heterocycles. The molecule has 0 amide bonds. The first kappa shape index (κ1) is 14.5. The SMILES string of the molecule is Cc1cc(Br)cc([N+](=O)[O-])c1Oc1ccc(CN)cc1. The summed E-state index contributed by atoms with van der Waals surface area (Å²) in [5.74, 6) is 0.787. The van der Waals surface area contributed by atoms with Crippen molar-refractivity contribution in [2.45, 2.75) is 13.5 Å². The zero-order valence-corrected chi connectivity index (χ0v) is 12.4. The summed E-state index contributed by atoms with van der Waals surface area (Å²) in [5.41, 5.74) is 7.11. The number of ether oxygens (including phenoxy) is 1. The number of hydrogen-bond donors (Lipinski definition) is 1. The maximum atomic E-state index is 11.1. The molecule has 0 atom stereocenters. The van der Waals surface area contributed by atoms with Crippen LogP contribution in [0.3, 0.4) is 0 Å². The van der Waals surface area contributed by atoms with Gasteiger partial charge in [-0.25, -0.2) is 0 Å². The molecule has 0 saturated carbocycles. The van der Waals surface area contributed by atoms with E-state index in [1.807, 2.05) is 12.1 Å². The highest BCUT2D eigenvalue weighted by Gasteiger charge is 2.19. The third kappa shape index (κ3) is 3.15. The molecule has 2 aromatic rings. The van der Waals surface area contributed by atoms with E-state index < -0.39 is 4.92 Å². The third-order valence-corrected chi connectivity index (χ3v) is 3.25. The molecule has 0 aromatic heterocycles. The maximum absolute atomic E-state index is 11.1. The van der Waals surface area contributed by atoms with Crippen LogP contribution in [0, 0.1) is 17.0 Å². The first-order chi connectivity index (χ1) is 9.51. The Morgan fingerprint density at radius 3 is 2.50 bits per heavy atom. The van der Waals surface area contributed by atoms with E-state index in [-0.39, 0.29) is 11.4 Å². The molecular formula is C14H13BrN2O3. The Morgan fingerprint density at radius 1 is 1.30 bits per heavy atom. The maximum Gasteiger partial charge on any atom is 0.312 e. The van der Waals surface area contributed by atoms with Crippen molar-refractivity contribution < 1.29 is 9.66 Å². The van der Waals surface area contributed by atoms with E-state index in [2.05, 4.69) is 15.9 Å². The summed E-state index contributed by atoms with van der Waals surface area (Å²) >= 11 is 3.25. The average Bonchev–Trinajstić information content (AvgIpc) is 2.42. The molecule has 0 unspecified atom stereocenters. The van der Waals surface area contributed by atoms with Crippen LogP contribution in [0.25, 0.3) is 0 Å². The van der Waals surface area contributed by atoms with Crippen LogP contribution in [-0.2, 0) is 6.54 Å². The van der Waals surface area contributed by atoms with Crippen molar-refractivity contribution in [3.63, 3.8) is 0 Å². The van der Waals surface area contributed by atoms with Crippen molar-refractivity contribution in [3.8, 4) is 11.5 Å². The molecule has 0 spiro atoms. The van der Waals surface area contributed by atoms with E-state index in [1.54, 1.807) is 25.1 Å². The molecule has 0 saturated heterocycles. The Hall–Kier alpha value is -1.92. The third-order valence-electron chi connectivity index (χ3n) is 2.80. The van der Waals surface area contributed by atoms with E-state index in [1.165, 1.54) is 6.07 Å². The van der Waals surface area contributed by atoms with Crippen LogP contribution in [0.4, 0.5) is 5.69 Å². The monoisotopic (exact) mass is 336 g/mol. The van der Waals surface area contributed by atoms with Gasteiger partial charge in [0, 0.05) is 17.1 Å². The number of rotatable bonds is 4. The van der Waals surface area contributed by atoms with Crippen LogP contribution in [0.15, 0.2) is 40.9 Å². The molecule has 0 bridgehead atoms. The van der Waals surface area contributed by atoms with Crippen molar-refractivity contribution >= 4 is 21.6 Å². The van der Waals surface area contributed by atoms with Gasteiger partial charge in [-0.15, -0.1) is 0 Å². The molecular weight excluding hydrogens is 324 g/mol. The highest BCUT2D eigenvalue weighted by Crippen LogP contribution is 2.37. The van der Waals surface area contributed by atoms with E-state index in [0.29, 0.717) is 22.3 Å². The number of benzene rings is 2. The minimum atomic E-state index is -0.457. The molecule has 104 valence electrons. The summed E-state index contributed by atoms with van der Waals surface area (Å²) in [6.07, 6.45) is 0. The number of aryl methyl sites for hydroxylation is 1. The van der Waals surface area contributed by atoms with Gasteiger partial charge in [0.2, 0.25) is 5.75 Å². The normalized spacial score (nSPS) is 10.3. The van der Waals surface area contributed by atoms with Gasteiger partial charge >= 0.3 is 5.69 Å². The molecule has 20 heavy (non-hydrogen) atoms. The quantitative estimate of drug-likeness (QED) is 0.677. The standard InChI is InChI=1S/C14H13BrN2O3/c1-9-6-11(15)7-13(17(18)19)14(9)20-12-4-2-10(8-16)3-5-12/h2-7H,8,16H2,1H3. The zero-order chi connectivity index (χ0) is 14.7. The molecule has 0 aliphatic carbocycles. The first-order valence-electron chi connectivity index (χ1n) is 5.92. The Bertz CT molecular complexity index is 642. The molecule has 0 radical (unpaired) electrons. The predicted molar refractivity (Wildman–Crippen MR) is 79.9 cm³/mol. The summed E-state index contributed by atoms with van der Waals surface area (Å²) in [5, 5.41) is 11.1. The fraction of sp³-hybridized carbons (Fsp3) is 0.143. The summed E-state index contributed by atoms with van der Waals surface area (Å²) in [6, 6.07) is 10.3. The van der Waals surface area contributed by atoms with Gasteiger partial charge < -0.3 is 10.5 Å². The fourth-order valence-electron chi connectivity index (χ4n) is 1.79. The highest BCUT2D eigenvalue weighted by molar-refractivity contribution is 9.10. The van der Waals surface area contributed by atoms with E-state index in [0.717, 1.165) is 5.56 Å². The van der Waals surface area contributed by atoms with E-state index >= 15 is 0 Å². The lowest BCUT2D eigenvalue weighted by molar-refractivity contribution is -0.385. The van der Waals surface area contributed by atoms with Gasteiger partial charge in [0.15, 0.2) is 0 Å². The average molecular weight is 337 g/mol. The second-order valence-corrected chi connectivity index (χ2v) is 5.19. The molecule has 0 heterocycles. The molecule has 2 N–H and O–H groups in total. The lowest BCUT2D eigenvalue weighted by atomic mass is 10.2. The second-order valence-electron chi connectivity index (χ2n) is 4.28. The minimum absolute atomic E-state index is 0.0697. The van der Waals surface area contributed by atoms with Crippen molar-refractivity contribution in [3.05, 3.63) is 62.1 Å². The van der Waals surface area contributed by atoms with Crippen LogP contribution >= 0.6 is 15.9 Å². The summed E-state index contributed by atoms with van der Waals surface area (Å²) in [4.78, 5) is 10.6. The summed E-state index contributed by atoms with van der Waals surface area (Å²) in [6.45, 7) is 2.21. The zero-order valence-electron chi connectivity index (χ0n) is 10.8. The van der Waals surface area contributed by atoms with Gasteiger partial charge in [-0.1, -0.05) is 28.1 Å². The highest BCUT2D eigenvalue weighted by atomic mass is 79.9. The number of nitrogens with zero attached hydrogens (tertiary/aromatic N) is 1. The van der Waals surface area contributed by atoms with Crippen molar-refractivity contribution in [1.29, 1.82) is 0 Å². The topological polar surface area (TPSA) is 78.4 Å². The fourth-order valence-corrected chi connectivity index (χ4v) is 2.35. The van der Waals surface area contributed by atoms with Crippen LogP contribution < -0.4 is 10.5 Å². The summed E-state index contributed by atoms with van der Waals surface area (Å²) < 4.78 is 6.30. The Kier molecular flexibility index (Phi) is 4.36. The molecule has 2 aromatic carbocycles. The van der Waals surface area contributed by atoms with Crippen molar-refractivity contribution in [1.82, 2.24) is 0 Å². The number of nitro groups is 1. The van der Waals surface area contributed by atoms with Crippen LogP contribution in [0.2, 0.25) is 0 Å². The number of halogens is 1. The number of nitro benzene ring substituents is 1. The van der Waals surface area contributed by atoms with E-state index in [4.69, 9.17) is 10.5 Å². The van der Waals surface area contributed by atoms with Gasteiger partial charge in [0.05, 0.1) is 4.92 Å². The Balaban J connectivity index is 2.39.